The summed E-state index contributed by atoms with van der Waals surface area (Å²) in [5.41, 5.74) is 3.26. The maximum absolute atomic E-state index is 12.7. The van der Waals surface area contributed by atoms with E-state index >= 15 is 0 Å². The van der Waals surface area contributed by atoms with Gasteiger partial charge in [0.1, 0.15) is 17.6 Å². The number of nitrogens with zero attached hydrogens (tertiary/aromatic N) is 2. The number of nitrogens with one attached hydrogen (secondary N) is 1. The van der Waals surface area contributed by atoms with Crippen LogP contribution < -0.4 is 14.8 Å². The Hall–Kier alpha value is -3.32. The molecular weight excluding hydrogens is 394 g/mol. The van der Waals surface area contributed by atoms with Crippen molar-refractivity contribution >= 4 is 5.91 Å². The summed E-state index contributed by atoms with van der Waals surface area (Å²) in [5, 5.41) is 2.94. The van der Waals surface area contributed by atoms with Crippen molar-refractivity contribution in [1.82, 2.24) is 14.9 Å². The number of fused-ring (bicyclic) bond motifs is 1. The van der Waals surface area contributed by atoms with Crippen LogP contribution in [-0.4, -0.2) is 28.7 Å². The number of carbonyl (C=O) groups is 1. The largest absolute Gasteiger partial charge is 0.497 e. The third-order valence-corrected chi connectivity index (χ3v) is 5.18. The van der Waals surface area contributed by atoms with Crippen LogP contribution >= 0.6 is 0 Å². The number of aromatic nitrogens is 2. The Morgan fingerprint density at radius 1 is 1.16 bits per heavy atom. The van der Waals surface area contributed by atoms with Gasteiger partial charge < -0.3 is 24.1 Å². The van der Waals surface area contributed by atoms with Crippen LogP contribution in [0.1, 0.15) is 47.3 Å². The Morgan fingerprint density at radius 3 is 2.55 bits per heavy atom. The molecule has 1 N–H and O–H groups in total. The van der Waals surface area contributed by atoms with E-state index in [0.717, 1.165) is 28.3 Å². The molecule has 4 rings (SSSR count). The first-order valence-electron chi connectivity index (χ1n) is 10.4. The lowest BCUT2D eigenvalue weighted by atomic mass is 10.1. The van der Waals surface area contributed by atoms with Gasteiger partial charge in [-0.1, -0.05) is 24.3 Å². The average molecular weight is 421 g/mol. The quantitative estimate of drug-likeness (QED) is 0.627. The van der Waals surface area contributed by atoms with E-state index in [0.29, 0.717) is 25.4 Å². The van der Waals surface area contributed by atoms with Gasteiger partial charge in [-0.15, -0.1) is 0 Å². The number of amides is 1. The Bertz CT molecular complexity index is 1030. The summed E-state index contributed by atoms with van der Waals surface area (Å²) in [5.74, 6) is 1.42. The molecule has 31 heavy (non-hydrogen) atoms. The summed E-state index contributed by atoms with van der Waals surface area (Å²) >= 11 is 0. The van der Waals surface area contributed by atoms with Gasteiger partial charge in [0.25, 0.3) is 5.91 Å². The van der Waals surface area contributed by atoms with Crippen molar-refractivity contribution in [3.8, 4) is 11.5 Å². The highest BCUT2D eigenvalue weighted by atomic mass is 16.5. The summed E-state index contributed by atoms with van der Waals surface area (Å²) in [4.78, 5) is 17.0. The summed E-state index contributed by atoms with van der Waals surface area (Å²) < 4.78 is 18.9. The fourth-order valence-corrected chi connectivity index (χ4v) is 3.56. The molecule has 0 radical (unpaired) electrons. The van der Waals surface area contributed by atoms with Gasteiger partial charge in [0, 0.05) is 6.54 Å². The van der Waals surface area contributed by atoms with Gasteiger partial charge in [-0.05, 0) is 49.2 Å². The second kappa shape index (κ2) is 9.22. The molecule has 0 spiro atoms. The molecule has 2 heterocycles. The Labute approximate surface area is 182 Å². The molecule has 1 amide bonds. The van der Waals surface area contributed by atoms with Crippen molar-refractivity contribution < 1.29 is 19.0 Å². The third kappa shape index (κ3) is 4.88. The standard InChI is InChI=1S/C24H27N3O4/c1-16(2)31-20-8-4-17(5-9-20)12-25-24(28)23-21-14-30-22(13-27(21)15-26-23)18-6-10-19(29-3)11-7-18/h4-11,15-16,22H,12-14H2,1-3H3,(H,25,28)/t22-/m1/s1. The number of methoxy groups -OCH3 is 1. The van der Waals surface area contributed by atoms with Crippen molar-refractivity contribution in [2.75, 3.05) is 7.11 Å². The Morgan fingerprint density at radius 2 is 1.87 bits per heavy atom. The lowest BCUT2D eigenvalue weighted by Gasteiger charge is -2.25. The van der Waals surface area contributed by atoms with Crippen LogP contribution in [0.25, 0.3) is 0 Å². The van der Waals surface area contributed by atoms with Crippen LogP contribution in [0, 0.1) is 0 Å². The average Bonchev–Trinajstić information content (AvgIpc) is 3.21. The molecule has 0 aliphatic carbocycles. The number of ether oxygens (including phenoxy) is 3. The molecule has 1 aliphatic rings. The summed E-state index contributed by atoms with van der Waals surface area (Å²) in [7, 11) is 1.65. The van der Waals surface area contributed by atoms with Crippen LogP contribution in [0.4, 0.5) is 0 Å². The fourth-order valence-electron chi connectivity index (χ4n) is 3.56. The highest BCUT2D eigenvalue weighted by Crippen LogP contribution is 2.29. The van der Waals surface area contributed by atoms with E-state index in [2.05, 4.69) is 10.3 Å². The molecule has 0 saturated carbocycles. The van der Waals surface area contributed by atoms with E-state index in [9.17, 15) is 4.79 Å². The molecule has 2 aromatic carbocycles. The maximum Gasteiger partial charge on any atom is 0.272 e. The van der Waals surface area contributed by atoms with Crippen molar-refractivity contribution in [2.24, 2.45) is 0 Å². The molecule has 0 unspecified atom stereocenters. The molecule has 0 fully saturated rings. The topological polar surface area (TPSA) is 74.6 Å². The van der Waals surface area contributed by atoms with Gasteiger partial charge in [-0.2, -0.15) is 0 Å². The smallest absolute Gasteiger partial charge is 0.272 e. The first-order valence-corrected chi connectivity index (χ1v) is 10.4. The van der Waals surface area contributed by atoms with Gasteiger partial charge >= 0.3 is 0 Å². The van der Waals surface area contributed by atoms with Crippen LogP contribution in [0.3, 0.4) is 0 Å². The van der Waals surface area contributed by atoms with Gasteiger partial charge in [0.2, 0.25) is 0 Å². The zero-order chi connectivity index (χ0) is 21.8. The predicted octanol–water partition coefficient (Wildman–Crippen LogP) is 3.88. The van der Waals surface area contributed by atoms with E-state index in [1.54, 1.807) is 13.4 Å². The van der Waals surface area contributed by atoms with Crippen LogP contribution in [0.15, 0.2) is 54.9 Å². The molecule has 7 heteroatoms. The van der Waals surface area contributed by atoms with E-state index in [1.165, 1.54) is 0 Å². The normalized spacial score (nSPS) is 15.4. The molecule has 7 nitrogen and oxygen atoms in total. The number of benzene rings is 2. The minimum absolute atomic E-state index is 0.0879. The highest BCUT2D eigenvalue weighted by Gasteiger charge is 2.26. The van der Waals surface area contributed by atoms with E-state index in [-0.39, 0.29) is 18.1 Å². The van der Waals surface area contributed by atoms with Crippen molar-refractivity contribution in [2.45, 2.75) is 45.8 Å². The molecule has 1 atom stereocenters. The number of hydrogen-bond acceptors (Lipinski definition) is 5. The van der Waals surface area contributed by atoms with Crippen LogP contribution in [0.2, 0.25) is 0 Å². The lowest BCUT2D eigenvalue weighted by molar-refractivity contribution is 0.00255. The van der Waals surface area contributed by atoms with Gasteiger partial charge in [-0.3, -0.25) is 4.79 Å². The second-order valence-corrected chi connectivity index (χ2v) is 7.76. The maximum atomic E-state index is 12.7. The molecule has 0 bridgehead atoms. The van der Waals surface area contributed by atoms with E-state index in [1.807, 2.05) is 66.9 Å². The molecule has 162 valence electrons. The minimum Gasteiger partial charge on any atom is -0.497 e. The SMILES string of the molecule is COc1ccc([C@H]2Cn3cnc(C(=O)NCc4ccc(OC(C)C)cc4)c3CO2)cc1. The van der Waals surface area contributed by atoms with Crippen molar-refractivity contribution in [3.05, 3.63) is 77.4 Å². The monoisotopic (exact) mass is 421 g/mol. The van der Waals surface area contributed by atoms with Gasteiger partial charge in [-0.25, -0.2) is 4.98 Å². The van der Waals surface area contributed by atoms with Gasteiger partial charge in [0.05, 0.1) is 38.4 Å². The fraction of sp³-hybridized carbons (Fsp3) is 0.333. The van der Waals surface area contributed by atoms with Gasteiger partial charge in [0.15, 0.2) is 5.69 Å². The second-order valence-electron chi connectivity index (χ2n) is 7.76. The summed E-state index contributed by atoms with van der Waals surface area (Å²) in [6.07, 6.45) is 1.75. The first kappa shape index (κ1) is 20.9. The van der Waals surface area contributed by atoms with E-state index in [4.69, 9.17) is 14.2 Å². The molecule has 0 saturated heterocycles. The third-order valence-electron chi connectivity index (χ3n) is 5.18. The molecular formula is C24H27N3O4. The first-order chi connectivity index (χ1) is 15.0. The Balaban J connectivity index is 1.37. The van der Waals surface area contributed by atoms with Crippen LogP contribution in [-0.2, 0) is 24.4 Å². The number of carbonyl (C=O) groups excluding carboxylic acids is 1. The van der Waals surface area contributed by atoms with E-state index < -0.39 is 0 Å². The zero-order valence-electron chi connectivity index (χ0n) is 18.0. The van der Waals surface area contributed by atoms with Crippen molar-refractivity contribution in [3.63, 3.8) is 0 Å². The van der Waals surface area contributed by atoms with Crippen molar-refractivity contribution in [1.29, 1.82) is 0 Å². The lowest BCUT2D eigenvalue weighted by Crippen LogP contribution is -2.27. The van der Waals surface area contributed by atoms with Crippen LogP contribution in [0.5, 0.6) is 11.5 Å². The summed E-state index contributed by atoms with van der Waals surface area (Å²) in [6.45, 7) is 5.34. The molecule has 1 aromatic heterocycles. The summed E-state index contributed by atoms with van der Waals surface area (Å²) in [6, 6.07) is 15.5. The zero-order valence-corrected chi connectivity index (χ0v) is 18.0. The highest BCUT2D eigenvalue weighted by molar-refractivity contribution is 5.93. The number of imidazole rings is 1. The predicted molar refractivity (Wildman–Crippen MR) is 116 cm³/mol. The minimum atomic E-state index is -0.206. The number of hydrogen-bond donors (Lipinski definition) is 1. The molecule has 1 aliphatic heterocycles. The number of rotatable bonds is 7. The molecule has 3 aromatic rings. The Kier molecular flexibility index (Phi) is 6.23.